The maximum absolute atomic E-state index is 12.8. The Bertz CT molecular complexity index is 923. The number of nitrogens with one attached hydrogen (secondary N) is 2. The van der Waals surface area contributed by atoms with E-state index < -0.39 is 10.0 Å². The van der Waals surface area contributed by atoms with Gasteiger partial charge < -0.3 is 22.6 Å². The maximum Gasteiger partial charge on any atom is 0.243 e. The van der Waals surface area contributed by atoms with Crippen LogP contribution in [0.1, 0.15) is 12.5 Å². The van der Waals surface area contributed by atoms with E-state index in [2.05, 4.69) is 29.6 Å². The smallest absolute Gasteiger partial charge is 0.243 e. The molecular weight excluding hydrogens is 410 g/mol. The monoisotopic (exact) mass is 435 g/mol. The number of amides is 1. The summed E-state index contributed by atoms with van der Waals surface area (Å²) in [4.78, 5) is 12.7. The molecule has 0 spiro atoms. The molecule has 3 rings (SSSR count). The first-order valence-electron chi connectivity index (χ1n) is 9.38. The van der Waals surface area contributed by atoms with Crippen molar-refractivity contribution >= 4 is 27.7 Å². The second-order valence-electron chi connectivity index (χ2n) is 6.88. The van der Waals surface area contributed by atoms with Gasteiger partial charge in [0.05, 0.1) is 37.6 Å². The highest BCUT2D eigenvalue weighted by molar-refractivity contribution is 7.89. The largest absolute Gasteiger partial charge is 1.00 e. The predicted octanol–water partition coefficient (Wildman–Crippen LogP) is -1.75. The van der Waals surface area contributed by atoms with Crippen LogP contribution in [-0.2, 0) is 14.8 Å². The van der Waals surface area contributed by atoms with Crippen LogP contribution in [0.15, 0.2) is 65.6 Å². The fourth-order valence-electron chi connectivity index (χ4n) is 3.24. The molecule has 2 N–H and O–H groups in total. The number of nitrogens with zero attached hydrogens (tertiary/aromatic N) is 1. The Kier molecular flexibility index (Phi) is 8.40. The lowest BCUT2D eigenvalue weighted by molar-refractivity contribution is -0.897. The number of carbonyl (C=O) groups is 1. The van der Waals surface area contributed by atoms with Crippen LogP contribution in [-0.4, -0.2) is 51.4 Å². The van der Waals surface area contributed by atoms with Crippen molar-refractivity contribution in [3.8, 4) is 0 Å². The molecule has 0 unspecified atom stereocenters. The van der Waals surface area contributed by atoms with Gasteiger partial charge in [0.25, 0.3) is 0 Å². The molecule has 1 fully saturated rings. The molecule has 0 aliphatic carbocycles. The SMILES string of the molecule is CC(=O)Nc1ccc(S(=O)(=O)N2CC[NH+](C/C=C/c3ccccc3)CC2)cc1.[Cl-]. The highest BCUT2D eigenvalue weighted by atomic mass is 35.5. The topological polar surface area (TPSA) is 70.9 Å². The second-order valence-corrected chi connectivity index (χ2v) is 8.81. The summed E-state index contributed by atoms with van der Waals surface area (Å²) in [5.74, 6) is -0.184. The van der Waals surface area contributed by atoms with Crippen LogP contribution in [0, 0.1) is 0 Å². The van der Waals surface area contributed by atoms with Gasteiger partial charge in [-0.3, -0.25) is 4.79 Å². The summed E-state index contributed by atoms with van der Waals surface area (Å²) in [6.07, 6.45) is 4.25. The van der Waals surface area contributed by atoms with Crippen LogP contribution < -0.4 is 22.6 Å². The van der Waals surface area contributed by atoms with Gasteiger partial charge in [-0.1, -0.05) is 36.4 Å². The fraction of sp³-hybridized carbons (Fsp3) is 0.286. The molecule has 0 bridgehead atoms. The minimum Gasteiger partial charge on any atom is -1.00 e. The Morgan fingerprint density at radius 2 is 1.69 bits per heavy atom. The normalized spacial score (nSPS) is 15.8. The molecule has 0 radical (unpaired) electrons. The zero-order valence-electron chi connectivity index (χ0n) is 16.3. The lowest BCUT2D eigenvalue weighted by Gasteiger charge is -2.31. The molecule has 6 nitrogen and oxygen atoms in total. The van der Waals surface area contributed by atoms with Crippen LogP contribution in [0.2, 0.25) is 0 Å². The molecule has 1 saturated heterocycles. The third kappa shape index (κ3) is 6.40. The first-order chi connectivity index (χ1) is 13.4. The molecule has 2 aromatic rings. The van der Waals surface area contributed by atoms with Gasteiger partial charge in [0.15, 0.2) is 0 Å². The Morgan fingerprint density at radius 3 is 2.28 bits per heavy atom. The van der Waals surface area contributed by atoms with Gasteiger partial charge in [-0.25, -0.2) is 8.42 Å². The number of piperazine rings is 1. The van der Waals surface area contributed by atoms with Crippen LogP contribution in [0.5, 0.6) is 0 Å². The molecule has 1 aliphatic heterocycles. The predicted molar refractivity (Wildman–Crippen MR) is 111 cm³/mol. The number of quaternary nitrogens is 1. The van der Waals surface area contributed by atoms with Gasteiger partial charge in [0.1, 0.15) is 0 Å². The van der Waals surface area contributed by atoms with E-state index in [4.69, 9.17) is 0 Å². The van der Waals surface area contributed by atoms with Gasteiger partial charge in [-0.2, -0.15) is 4.31 Å². The van der Waals surface area contributed by atoms with Crippen molar-refractivity contribution in [3.63, 3.8) is 0 Å². The van der Waals surface area contributed by atoms with E-state index >= 15 is 0 Å². The number of sulfonamides is 1. The zero-order valence-corrected chi connectivity index (χ0v) is 17.9. The summed E-state index contributed by atoms with van der Waals surface area (Å²) in [6, 6.07) is 16.5. The Hall–Kier alpha value is -2.19. The molecule has 1 aliphatic rings. The highest BCUT2D eigenvalue weighted by Gasteiger charge is 2.29. The van der Waals surface area contributed by atoms with Crippen molar-refractivity contribution in [3.05, 3.63) is 66.2 Å². The molecular formula is C21H26ClN3O3S. The van der Waals surface area contributed by atoms with Crippen molar-refractivity contribution in [1.82, 2.24) is 4.31 Å². The van der Waals surface area contributed by atoms with Crippen molar-refractivity contribution in [2.24, 2.45) is 0 Å². The molecule has 156 valence electrons. The lowest BCUT2D eigenvalue weighted by Crippen LogP contribution is -3.14. The molecule has 1 amide bonds. The van der Waals surface area contributed by atoms with E-state index in [0.29, 0.717) is 18.8 Å². The van der Waals surface area contributed by atoms with Gasteiger partial charge in [0.2, 0.25) is 15.9 Å². The molecule has 29 heavy (non-hydrogen) atoms. The van der Waals surface area contributed by atoms with E-state index in [1.165, 1.54) is 17.4 Å². The summed E-state index contributed by atoms with van der Waals surface area (Å²) in [6.45, 7) is 4.87. The third-order valence-corrected chi connectivity index (χ3v) is 6.67. The number of halogens is 1. The summed E-state index contributed by atoms with van der Waals surface area (Å²) in [7, 11) is -3.50. The zero-order chi connectivity index (χ0) is 20.0. The third-order valence-electron chi connectivity index (χ3n) is 4.76. The summed E-state index contributed by atoms with van der Waals surface area (Å²) in [5, 5.41) is 2.64. The molecule has 2 aromatic carbocycles. The number of hydrogen-bond acceptors (Lipinski definition) is 3. The average molecular weight is 436 g/mol. The minimum absolute atomic E-state index is 0. The number of hydrogen-bond donors (Lipinski definition) is 2. The Labute approximate surface area is 178 Å². The summed E-state index contributed by atoms with van der Waals surface area (Å²) in [5.41, 5.74) is 1.76. The molecule has 0 aromatic heterocycles. The average Bonchev–Trinajstić information content (AvgIpc) is 2.69. The number of benzene rings is 2. The number of rotatable bonds is 6. The van der Waals surface area contributed by atoms with E-state index in [-0.39, 0.29) is 23.2 Å². The van der Waals surface area contributed by atoms with Crippen LogP contribution in [0.25, 0.3) is 6.08 Å². The number of carbonyl (C=O) groups excluding carboxylic acids is 1. The quantitative estimate of drug-likeness (QED) is 0.565. The fourth-order valence-corrected chi connectivity index (χ4v) is 4.68. The molecule has 1 heterocycles. The van der Waals surface area contributed by atoms with Crippen LogP contribution in [0.4, 0.5) is 5.69 Å². The van der Waals surface area contributed by atoms with E-state index in [0.717, 1.165) is 19.6 Å². The van der Waals surface area contributed by atoms with Crippen LogP contribution >= 0.6 is 0 Å². The summed E-state index contributed by atoms with van der Waals surface area (Å²) < 4.78 is 27.2. The van der Waals surface area contributed by atoms with E-state index in [1.807, 2.05) is 18.2 Å². The first-order valence-corrected chi connectivity index (χ1v) is 10.8. The second kappa shape index (κ2) is 10.5. The van der Waals surface area contributed by atoms with E-state index in [9.17, 15) is 13.2 Å². The van der Waals surface area contributed by atoms with Gasteiger partial charge in [-0.05, 0) is 35.9 Å². The van der Waals surface area contributed by atoms with Gasteiger partial charge >= 0.3 is 0 Å². The number of anilines is 1. The van der Waals surface area contributed by atoms with Crippen molar-refractivity contribution < 1.29 is 30.5 Å². The molecule has 0 saturated carbocycles. The Balaban J connectivity index is 0.00000300. The van der Waals surface area contributed by atoms with Crippen molar-refractivity contribution in [2.75, 3.05) is 38.0 Å². The van der Waals surface area contributed by atoms with Gasteiger partial charge in [0, 0.05) is 12.6 Å². The maximum atomic E-state index is 12.8. The minimum atomic E-state index is -3.50. The first kappa shape index (κ1) is 23.1. The van der Waals surface area contributed by atoms with Crippen molar-refractivity contribution in [2.45, 2.75) is 11.8 Å². The summed E-state index contributed by atoms with van der Waals surface area (Å²) >= 11 is 0. The lowest BCUT2D eigenvalue weighted by atomic mass is 10.2. The van der Waals surface area contributed by atoms with Gasteiger partial charge in [-0.15, -0.1) is 0 Å². The van der Waals surface area contributed by atoms with E-state index in [1.54, 1.807) is 28.6 Å². The molecule has 8 heteroatoms. The van der Waals surface area contributed by atoms with Crippen LogP contribution in [0.3, 0.4) is 0 Å². The molecule has 0 atom stereocenters. The standard InChI is InChI=1S/C21H25N3O3S.ClH/c1-18(25)22-20-9-11-21(12-10-20)28(26,27)24-16-14-23(15-17-24)13-5-8-19-6-3-2-4-7-19;/h2-12H,13-17H2,1H3,(H,22,25);1H/b8-5+;. The Morgan fingerprint density at radius 1 is 1.07 bits per heavy atom. The highest BCUT2D eigenvalue weighted by Crippen LogP contribution is 2.18. The van der Waals surface area contributed by atoms with Crippen molar-refractivity contribution in [1.29, 1.82) is 0 Å².